The Kier molecular flexibility index (Phi) is 5.03. The minimum atomic E-state index is -0.0667. The van der Waals surface area contributed by atoms with Crippen LogP contribution in [0.15, 0.2) is 49.1 Å². The van der Waals surface area contributed by atoms with Crippen molar-refractivity contribution in [2.75, 3.05) is 18.4 Å². The molecule has 0 spiro atoms. The molecule has 2 heterocycles. The fourth-order valence-corrected chi connectivity index (χ4v) is 2.42. The number of rotatable bonds is 6. The minimum absolute atomic E-state index is 0.0667. The summed E-state index contributed by atoms with van der Waals surface area (Å²) >= 11 is 0. The molecular formula is C18H20N6O. The fraction of sp³-hybridized carbons (Fsp3) is 0.222. The highest BCUT2D eigenvalue weighted by molar-refractivity contribution is 5.95. The first-order valence-electron chi connectivity index (χ1n) is 8.05. The molecule has 0 saturated heterocycles. The first kappa shape index (κ1) is 16.6. The Morgan fingerprint density at radius 1 is 1.16 bits per heavy atom. The summed E-state index contributed by atoms with van der Waals surface area (Å²) in [5.74, 6) is 1.30. The number of hydrogen-bond acceptors (Lipinski definition) is 5. The second-order valence-corrected chi connectivity index (χ2v) is 5.71. The predicted octanol–water partition coefficient (Wildman–Crippen LogP) is 2.12. The summed E-state index contributed by atoms with van der Waals surface area (Å²) in [6, 6.07) is 9.50. The van der Waals surface area contributed by atoms with Crippen LogP contribution in [0, 0.1) is 13.8 Å². The van der Waals surface area contributed by atoms with Gasteiger partial charge in [-0.15, -0.1) is 0 Å². The first-order valence-corrected chi connectivity index (χ1v) is 8.05. The number of hydrogen-bond donors (Lipinski definition) is 2. The van der Waals surface area contributed by atoms with Crippen LogP contribution in [-0.2, 0) is 0 Å². The van der Waals surface area contributed by atoms with Crippen molar-refractivity contribution in [1.29, 1.82) is 0 Å². The number of nitrogens with zero attached hydrogens (tertiary/aromatic N) is 4. The molecule has 0 aliphatic heterocycles. The zero-order valence-corrected chi connectivity index (χ0v) is 14.2. The summed E-state index contributed by atoms with van der Waals surface area (Å²) in [4.78, 5) is 20.6. The summed E-state index contributed by atoms with van der Waals surface area (Å²) in [6.45, 7) is 4.97. The molecule has 0 fully saturated rings. The van der Waals surface area contributed by atoms with E-state index < -0.39 is 0 Å². The largest absolute Gasteiger partial charge is 0.368 e. The van der Waals surface area contributed by atoms with Gasteiger partial charge in [-0.1, -0.05) is 17.7 Å². The van der Waals surface area contributed by atoms with Crippen molar-refractivity contribution >= 4 is 11.7 Å². The zero-order valence-electron chi connectivity index (χ0n) is 14.2. The highest BCUT2D eigenvalue weighted by atomic mass is 16.1. The molecule has 1 aromatic carbocycles. The van der Waals surface area contributed by atoms with E-state index in [9.17, 15) is 4.79 Å². The van der Waals surface area contributed by atoms with Crippen LogP contribution >= 0.6 is 0 Å². The molecular weight excluding hydrogens is 316 g/mol. The molecule has 0 unspecified atom stereocenters. The van der Waals surface area contributed by atoms with Gasteiger partial charge in [-0.3, -0.25) is 4.79 Å². The zero-order chi connectivity index (χ0) is 17.6. The van der Waals surface area contributed by atoms with Gasteiger partial charge < -0.3 is 10.6 Å². The van der Waals surface area contributed by atoms with E-state index in [2.05, 4.69) is 25.7 Å². The van der Waals surface area contributed by atoms with Crippen molar-refractivity contribution in [3.63, 3.8) is 0 Å². The molecule has 7 nitrogen and oxygen atoms in total. The number of carbonyl (C=O) groups is 1. The van der Waals surface area contributed by atoms with E-state index in [1.807, 2.05) is 44.3 Å². The maximum atomic E-state index is 12.3. The molecule has 0 bridgehead atoms. The third-order valence-electron chi connectivity index (χ3n) is 3.75. The summed E-state index contributed by atoms with van der Waals surface area (Å²) < 4.78 is 1.66. The fourth-order valence-electron chi connectivity index (χ4n) is 2.42. The predicted molar refractivity (Wildman–Crippen MR) is 95.9 cm³/mol. The second-order valence-electron chi connectivity index (χ2n) is 5.71. The molecule has 7 heteroatoms. The van der Waals surface area contributed by atoms with Crippen molar-refractivity contribution in [3.05, 3.63) is 65.7 Å². The van der Waals surface area contributed by atoms with Crippen LogP contribution in [0.1, 0.15) is 21.5 Å². The smallest absolute Gasteiger partial charge is 0.251 e. The Bertz CT molecular complexity index is 860. The van der Waals surface area contributed by atoms with E-state index in [1.165, 1.54) is 6.33 Å². The quantitative estimate of drug-likeness (QED) is 0.674. The molecule has 0 radical (unpaired) electrons. The molecule has 2 N–H and O–H groups in total. The van der Waals surface area contributed by atoms with E-state index in [1.54, 1.807) is 16.9 Å². The van der Waals surface area contributed by atoms with Crippen LogP contribution in [0.2, 0.25) is 0 Å². The monoisotopic (exact) mass is 336 g/mol. The summed E-state index contributed by atoms with van der Waals surface area (Å²) in [5.41, 5.74) is 2.75. The normalized spacial score (nSPS) is 10.5. The summed E-state index contributed by atoms with van der Waals surface area (Å²) in [7, 11) is 0. The van der Waals surface area contributed by atoms with Crippen LogP contribution in [-0.4, -0.2) is 38.7 Å². The van der Waals surface area contributed by atoms with E-state index in [-0.39, 0.29) is 5.91 Å². The number of aryl methyl sites for hydroxylation is 2. The maximum Gasteiger partial charge on any atom is 0.251 e. The molecule has 25 heavy (non-hydrogen) atoms. The van der Waals surface area contributed by atoms with Gasteiger partial charge in [-0.25, -0.2) is 14.6 Å². The molecule has 3 aromatic rings. The second kappa shape index (κ2) is 7.57. The lowest BCUT2D eigenvalue weighted by Gasteiger charge is -2.10. The number of anilines is 1. The van der Waals surface area contributed by atoms with Crippen molar-refractivity contribution in [3.8, 4) is 5.82 Å². The van der Waals surface area contributed by atoms with E-state index >= 15 is 0 Å². The van der Waals surface area contributed by atoms with Gasteiger partial charge in [0.05, 0.1) is 0 Å². The first-order chi connectivity index (χ1) is 12.1. The van der Waals surface area contributed by atoms with E-state index in [4.69, 9.17) is 0 Å². The summed E-state index contributed by atoms with van der Waals surface area (Å²) in [6.07, 6.45) is 4.99. The third kappa shape index (κ3) is 4.20. The molecule has 3 rings (SSSR count). The highest BCUT2D eigenvalue weighted by Gasteiger charge is 2.08. The Morgan fingerprint density at radius 3 is 2.84 bits per heavy atom. The Morgan fingerprint density at radius 2 is 2.04 bits per heavy atom. The number of nitrogens with one attached hydrogen (secondary N) is 2. The van der Waals surface area contributed by atoms with Crippen LogP contribution in [0.4, 0.5) is 5.82 Å². The lowest BCUT2D eigenvalue weighted by Crippen LogP contribution is -2.29. The Balaban J connectivity index is 1.53. The third-order valence-corrected chi connectivity index (χ3v) is 3.75. The topological polar surface area (TPSA) is 84.7 Å². The standard InChI is InChI=1S/C18H20N6O/c1-13-4-5-14(2)15(10-13)18(25)20-8-7-19-16-11-17(22-12-21-16)24-9-3-6-23-24/h3-6,9-12H,7-8H2,1-2H3,(H,20,25)(H,19,21,22). The number of amides is 1. The molecule has 0 aliphatic rings. The van der Waals surface area contributed by atoms with Crippen molar-refractivity contribution in [2.24, 2.45) is 0 Å². The Labute approximate surface area is 146 Å². The van der Waals surface area contributed by atoms with Crippen molar-refractivity contribution in [2.45, 2.75) is 13.8 Å². The average Bonchev–Trinajstić information content (AvgIpc) is 3.15. The van der Waals surface area contributed by atoms with Gasteiger partial charge in [0.15, 0.2) is 5.82 Å². The number of aromatic nitrogens is 4. The van der Waals surface area contributed by atoms with Gasteiger partial charge in [-0.2, -0.15) is 5.10 Å². The average molecular weight is 336 g/mol. The minimum Gasteiger partial charge on any atom is -0.368 e. The molecule has 0 saturated carbocycles. The van der Waals surface area contributed by atoms with E-state index in [0.29, 0.717) is 30.3 Å². The molecule has 0 atom stereocenters. The van der Waals surface area contributed by atoms with Gasteiger partial charge >= 0.3 is 0 Å². The van der Waals surface area contributed by atoms with Crippen molar-refractivity contribution in [1.82, 2.24) is 25.1 Å². The number of benzene rings is 1. The van der Waals surface area contributed by atoms with Crippen LogP contribution in [0.25, 0.3) is 5.82 Å². The summed E-state index contributed by atoms with van der Waals surface area (Å²) in [5, 5.41) is 10.2. The Hall–Kier alpha value is -3.22. The lowest BCUT2D eigenvalue weighted by atomic mass is 10.1. The van der Waals surface area contributed by atoms with Gasteiger partial charge in [0.25, 0.3) is 5.91 Å². The highest BCUT2D eigenvalue weighted by Crippen LogP contribution is 2.10. The van der Waals surface area contributed by atoms with Gasteiger partial charge in [0.2, 0.25) is 0 Å². The van der Waals surface area contributed by atoms with Crippen LogP contribution in [0.3, 0.4) is 0 Å². The van der Waals surface area contributed by atoms with Gasteiger partial charge in [0.1, 0.15) is 12.1 Å². The van der Waals surface area contributed by atoms with E-state index in [0.717, 1.165) is 11.1 Å². The molecule has 2 aromatic heterocycles. The lowest BCUT2D eigenvalue weighted by molar-refractivity contribution is 0.0954. The SMILES string of the molecule is Cc1ccc(C)c(C(=O)NCCNc2cc(-n3cccn3)ncn2)c1. The number of carbonyl (C=O) groups excluding carboxylic acids is 1. The molecule has 0 aliphatic carbocycles. The van der Waals surface area contributed by atoms with Gasteiger partial charge in [0, 0.05) is 37.1 Å². The molecule has 128 valence electrons. The maximum absolute atomic E-state index is 12.3. The van der Waals surface area contributed by atoms with Crippen LogP contribution < -0.4 is 10.6 Å². The molecule has 1 amide bonds. The van der Waals surface area contributed by atoms with Crippen LogP contribution in [0.5, 0.6) is 0 Å². The van der Waals surface area contributed by atoms with Crippen molar-refractivity contribution < 1.29 is 4.79 Å². The van der Waals surface area contributed by atoms with Gasteiger partial charge in [-0.05, 0) is 31.5 Å².